The zero-order valence-electron chi connectivity index (χ0n) is 16.6. The lowest BCUT2D eigenvalue weighted by molar-refractivity contribution is -0.147. The lowest BCUT2D eigenvalue weighted by Gasteiger charge is -2.55. The van der Waals surface area contributed by atoms with Crippen molar-refractivity contribution in [3.63, 3.8) is 0 Å². The summed E-state index contributed by atoms with van der Waals surface area (Å²) in [7, 11) is 0. The fraction of sp³-hybridized carbons (Fsp3) is 0.636. The number of aromatic nitrogens is 3. The first-order chi connectivity index (χ1) is 13.5. The molecule has 1 amide bonds. The highest BCUT2D eigenvalue weighted by Crippen LogP contribution is 2.60. The van der Waals surface area contributed by atoms with Crippen LogP contribution in [0.3, 0.4) is 0 Å². The molecule has 4 aliphatic carbocycles. The van der Waals surface area contributed by atoms with Crippen LogP contribution in [0.5, 0.6) is 0 Å². The Morgan fingerprint density at radius 1 is 1.11 bits per heavy atom. The van der Waals surface area contributed by atoms with Gasteiger partial charge in [0.2, 0.25) is 17.6 Å². The normalized spacial score (nSPS) is 31.9. The van der Waals surface area contributed by atoms with Crippen LogP contribution in [0, 0.1) is 29.1 Å². The number of nitrogens with zero attached hydrogens (tertiary/aromatic N) is 3. The fourth-order valence-corrected chi connectivity index (χ4v) is 6.18. The van der Waals surface area contributed by atoms with Gasteiger partial charge in [-0.2, -0.15) is 4.98 Å². The minimum Gasteiger partial charge on any atom is -0.344 e. The molecule has 0 saturated heterocycles. The van der Waals surface area contributed by atoms with Crippen LogP contribution in [0.2, 0.25) is 0 Å². The maximum Gasteiger partial charge on any atom is 0.249 e. The summed E-state index contributed by atoms with van der Waals surface area (Å²) < 4.78 is 5.57. The van der Waals surface area contributed by atoms with Gasteiger partial charge in [-0.15, -0.1) is 0 Å². The molecule has 6 rings (SSSR count). The van der Waals surface area contributed by atoms with E-state index >= 15 is 0 Å². The number of hydrogen-bond donors (Lipinski definition) is 1. The predicted molar refractivity (Wildman–Crippen MR) is 104 cm³/mol. The van der Waals surface area contributed by atoms with Gasteiger partial charge in [0.05, 0.1) is 0 Å². The van der Waals surface area contributed by atoms with Gasteiger partial charge < -0.3 is 9.84 Å². The molecule has 0 aromatic carbocycles. The molecule has 4 bridgehead atoms. The number of carbonyl (C=O) groups excluding carboxylic acids is 1. The number of rotatable bonds is 5. The summed E-state index contributed by atoms with van der Waals surface area (Å²) >= 11 is 0. The van der Waals surface area contributed by atoms with Crippen LogP contribution in [-0.2, 0) is 4.79 Å². The molecule has 2 aromatic heterocycles. The van der Waals surface area contributed by atoms with E-state index in [0.717, 1.165) is 42.6 Å². The van der Waals surface area contributed by atoms with E-state index in [1.807, 2.05) is 12.1 Å². The lowest BCUT2D eigenvalue weighted by Crippen LogP contribution is -2.54. The largest absolute Gasteiger partial charge is 0.344 e. The van der Waals surface area contributed by atoms with Crippen LogP contribution in [-0.4, -0.2) is 21.0 Å². The highest BCUT2D eigenvalue weighted by Gasteiger charge is 2.55. The van der Waals surface area contributed by atoms with Crippen LogP contribution in [0.15, 0.2) is 29.0 Å². The maximum atomic E-state index is 13.5. The molecule has 6 heteroatoms. The van der Waals surface area contributed by atoms with Gasteiger partial charge in [0.25, 0.3) is 0 Å². The maximum absolute atomic E-state index is 13.5. The van der Waals surface area contributed by atoms with E-state index in [0.29, 0.717) is 11.7 Å². The van der Waals surface area contributed by atoms with E-state index < -0.39 is 0 Å². The third-order valence-electron chi connectivity index (χ3n) is 7.12. The summed E-state index contributed by atoms with van der Waals surface area (Å²) in [5.74, 6) is 3.63. The summed E-state index contributed by atoms with van der Waals surface area (Å²) in [6, 6.07) is 3.45. The first-order valence-corrected chi connectivity index (χ1v) is 10.6. The van der Waals surface area contributed by atoms with Gasteiger partial charge in [0.1, 0.15) is 6.04 Å². The van der Waals surface area contributed by atoms with Crippen molar-refractivity contribution in [3.05, 3.63) is 30.4 Å². The Labute approximate surface area is 165 Å². The Morgan fingerprint density at radius 3 is 2.29 bits per heavy atom. The van der Waals surface area contributed by atoms with E-state index in [1.165, 1.54) is 19.3 Å². The second kappa shape index (κ2) is 6.68. The Morgan fingerprint density at radius 2 is 1.71 bits per heavy atom. The Kier molecular flexibility index (Phi) is 4.25. The van der Waals surface area contributed by atoms with Gasteiger partial charge in [-0.25, -0.2) is 0 Å². The standard InChI is InChI=1S/C22H28N4O2/c1-13(2)18(20-25-19(26-28-20)17-3-5-23-6-4-17)24-21(27)22-10-14-7-15(11-22)9-16(8-14)12-22/h3-6,13-16,18H,7-12H2,1-2H3,(H,24,27). The molecule has 4 aliphatic rings. The molecule has 6 nitrogen and oxygen atoms in total. The first-order valence-electron chi connectivity index (χ1n) is 10.6. The molecule has 0 aliphatic heterocycles. The van der Waals surface area contributed by atoms with Gasteiger partial charge in [-0.1, -0.05) is 19.0 Å². The van der Waals surface area contributed by atoms with Crippen LogP contribution in [0.1, 0.15) is 64.3 Å². The molecule has 0 spiro atoms. The zero-order valence-corrected chi connectivity index (χ0v) is 16.6. The number of amides is 1. The van der Waals surface area contributed by atoms with Crippen LogP contribution in [0.4, 0.5) is 0 Å². The molecule has 2 aromatic rings. The Bertz CT molecular complexity index is 825. The van der Waals surface area contributed by atoms with Gasteiger partial charge >= 0.3 is 0 Å². The lowest BCUT2D eigenvalue weighted by atomic mass is 9.49. The first kappa shape index (κ1) is 17.8. The van der Waals surface area contributed by atoms with E-state index in [4.69, 9.17) is 4.52 Å². The number of nitrogens with one attached hydrogen (secondary N) is 1. The van der Waals surface area contributed by atoms with Crippen molar-refractivity contribution in [1.82, 2.24) is 20.4 Å². The summed E-state index contributed by atoms with van der Waals surface area (Å²) in [5.41, 5.74) is 0.690. The molecular formula is C22H28N4O2. The van der Waals surface area contributed by atoms with E-state index in [2.05, 4.69) is 34.3 Å². The van der Waals surface area contributed by atoms with Gasteiger partial charge in [-0.05, 0) is 74.3 Å². The quantitative estimate of drug-likeness (QED) is 0.842. The molecule has 1 atom stereocenters. The van der Waals surface area contributed by atoms with Crippen molar-refractivity contribution in [3.8, 4) is 11.4 Å². The minimum atomic E-state index is -0.261. The molecule has 0 radical (unpaired) electrons. The molecule has 2 heterocycles. The zero-order chi connectivity index (χ0) is 19.3. The van der Waals surface area contributed by atoms with Crippen LogP contribution < -0.4 is 5.32 Å². The highest BCUT2D eigenvalue weighted by molar-refractivity contribution is 5.83. The van der Waals surface area contributed by atoms with Crippen molar-refractivity contribution in [2.45, 2.75) is 58.4 Å². The molecule has 148 valence electrons. The smallest absolute Gasteiger partial charge is 0.249 e. The molecule has 1 N–H and O–H groups in total. The Balaban J connectivity index is 1.37. The van der Waals surface area contributed by atoms with Crippen molar-refractivity contribution in [2.24, 2.45) is 29.1 Å². The number of hydrogen-bond acceptors (Lipinski definition) is 5. The van der Waals surface area contributed by atoms with Crippen molar-refractivity contribution in [2.75, 3.05) is 0 Å². The summed E-state index contributed by atoms with van der Waals surface area (Å²) in [6.07, 6.45) is 10.6. The molecule has 28 heavy (non-hydrogen) atoms. The highest BCUT2D eigenvalue weighted by atomic mass is 16.5. The van der Waals surface area contributed by atoms with Crippen molar-refractivity contribution >= 4 is 5.91 Å². The molecule has 1 unspecified atom stereocenters. The second-order valence-corrected chi connectivity index (χ2v) is 9.59. The third kappa shape index (κ3) is 3.03. The summed E-state index contributed by atoms with van der Waals surface area (Å²) in [6.45, 7) is 4.17. The summed E-state index contributed by atoms with van der Waals surface area (Å²) in [5, 5.41) is 7.43. The van der Waals surface area contributed by atoms with Crippen LogP contribution >= 0.6 is 0 Å². The average molecular weight is 380 g/mol. The summed E-state index contributed by atoms with van der Waals surface area (Å²) in [4.78, 5) is 22.1. The molecule has 4 saturated carbocycles. The number of pyridine rings is 1. The van der Waals surface area contributed by atoms with E-state index in [1.54, 1.807) is 12.4 Å². The fourth-order valence-electron chi connectivity index (χ4n) is 6.18. The Hall–Kier alpha value is -2.24. The van der Waals surface area contributed by atoms with Gasteiger partial charge in [0, 0.05) is 23.4 Å². The van der Waals surface area contributed by atoms with Gasteiger partial charge in [-0.3, -0.25) is 9.78 Å². The van der Waals surface area contributed by atoms with Crippen molar-refractivity contribution < 1.29 is 9.32 Å². The monoisotopic (exact) mass is 380 g/mol. The minimum absolute atomic E-state index is 0.170. The second-order valence-electron chi connectivity index (χ2n) is 9.59. The topological polar surface area (TPSA) is 80.9 Å². The van der Waals surface area contributed by atoms with Crippen molar-refractivity contribution in [1.29, 1.82) is 0 Å². The van der Waals surface area contributed by atoms with Crippen LogP contribution in [0.25, 0.3) is 11.4 Å². The molecule has 4 fully saturated rings. The van der Waals surface area contributed by atoms with E-state index in [-0.39, 0.29) is 23.3 Å². The predicted octanol–water partition coefficient (Wildman–Crippen LogP) is 4.16. The number of carbonyl (C=O) groups is 1. The SMILES string of the molecule is CC(C)C(NC(=O)C12CC3CC(CC(C3)C1)C2)c1nc(-c2ccncc2)no1. The average Bonchev–Trinajstić information content (AvgIpc) is 3.15. The third-order valence-corrected chi connectivity index (χ3v) is 7.12. The molecular weight excluding hydrogens is 352 g/mol. The van der Waals surface area contributed by atoms with E-state index in [9.17, 15) is 4.79 Å². The van der Waals surface area contributed by atoms with Gasteiger partial charge in [0.15, 0.2) is 0 Å².